The van der Waals surface area contributed by atoms with Crippen LogP contribution in [0, 0.1) is 21.4 Å². The molecule has 4 rings (SSSR count). The van der Waals surface area contributed by atoms with Crippen molar-refractivity contribution in [2.45, 2.75) is 5.92 Å². The van der Waals surface area contributed by atoms with Crippen molar-refractivity contribution in [3.63, 3.8) is 0 Å². The van der Waals surface area contributed by atoms with Crippen LogP contribution in [0.3, 0.4) is 0 Å². The molecule has 7 nitrogen and oxygen atoms in total. The fraction of sp³-hybridized carbons (Fsp3) is 0.0476. The Morgan fingerprint density at radius 3 is 2.72 bits per heavy atom. The Kier molecular flexibility index (Phi) is 4.85. The molecule has 29 heavy (non-hydrogen) atoms. The number of nitrogens with zero attached hydrogens (tertiary/aromatic N) is 5. The number of benzene rings is 2. The summed E-state index contributed by atoms with van der Waals surface area (Å²) in [4.78, 5) is 15.2. The third-order valence-electron chi connectivity index (χ3n) is 4.53. The van der Waals surface area contributed by atoms with Gasteiger partial charge >= 0.3 is 0 Å². The number of aromatic nitrogens is 3. The summed E-state index contributed by atoms with van der Waals surface area (Å²) >= 11 is 6.24. The normalized spacial score (nSPS) is 11.7. The average molecular weight is 402 g/mol. The summed E-state index contributed by atoms with van der Waals surface area (Å²) in [6.45, 7) is 0. The second-order valence-corrected chi connectivity index (χ2v) is 6.68. The van der Waals surface area contributed by atoms with E-state index < -0.39 is 10.8 Å². The molecule has 0 fully saturated rings. The minimum absolute atomic E-state index is 0.0224. The minimum Gasteiger partial charge on any atom is -0.258 e. The third-order valence-corrected chi connectivity index (χ3v) is 4.85. The number of nitro benzene ring substituents is 1. The molecule has 140 valence electrons. The molecule has 0 amide bonds. The van der Waals surface area contributed by atoms with E-state index in [2.05, 4.69) is 21.3 Å². The van der Waals surface area contributed by atoms with Crippen LogP contribution in [0.2, 0.25) is 5.02 Å². The van der Waals surface area contributed by atoms with Crippen LogP contribution >= 0.6 is 11.6 Å². The lowest BCUT2D eigenvalue weighted by molar-refractivity contribution is -0.384. The smallest absolute Gasteiger partial charge is 0.258 e. The summed E-state index contributed by atoms with van der Waals surface area (Å²) in [6.07, 6.45) is 3.11. The fourth-order valence-corrected chi connectivity index (χ4v) is 3.41. The highest BCUT2D eigenvalue weighted by Crippen LogP contribution is 2.35. The topological polar surface area (TPSA) is 106 Å². The number of hydrogen-bond acceptors (Lipinski definition) is 6. The van der Waals surface area contributed by atoms with Gasteiger partial charge in [-0.3, -0.25) is 15.1 Å². The molecule has 0 saturated heterocycles. The molecular formula is C21H12ClN5O2. The molecule has 2 aromatic carbocycles. The van der Waals surface area contributed by atoms with E-state index in [4.69, 9.17) is 11.6 Å². The third kappa shape index (κ3) is 3.49. The van der Waals surface area contributed by atoms with E-state index in [0.29, 0.717) is 32.9 Å². The minimum atomic E-state index is -0.752. The molecule has 8 heteroatoms. The Morgan fingerprint density at radius 2 is 1.97 bits per heavy atom. The van der Waals surface area contributed by atoms with Crippen molar-refractivity contribution in [1.29, 1.82) is 5.26 Å². The van der Waals surface area contributed by atoms with E-state index in [1.54, 1.807) is 36.5 Å². The molecule has 2 heterocycles. The lowest BCUT2D eigenvalue weighted by Gasteiger charge is -2.14. The lowest BCUT2D eigenvalue weighted by atomic mass is 9.91. The standard InChI is InChI=1S/C21H12ClN5O2/c22-19-6-8-25-26-21(19)18(12-23)15-9-14-4-2-7-24-20(14)17(11-15)13-3-1-5-16(10-13)27(28)29/h1-11,18H. The van der Waals surface area contributed by atoms with Crippen molar-refractivity contribution in [1.82, 2.24) is 15.2 Å². The van der Waals surface area contributed by atoms with E-state index in [9.17, 15) is 15.4 Å². The highest BCUT2D eigenvalue weighted by Gasteiger charge is 2.21. The van der Waals surface area contributed by atoms with Crippen molar-refractivity contribution in [3.8, 4) is 17.2 Å². The predicted molar refractivity (Wildman–Crippen MR) is 108 cm³/mol. The van der Waals surface area contributed by atoms with Gasteiger partial charge in [0.25, 0.3) is 5.69 Å². The number of halogens is 1. The van der Waals surface area contributed by atoms with Gasteiger partial charge in [0.05, 0.1) is 27.7 Å². The highest BCUT2D eigenvalue weighted by molar-refractivity contribution is 6.31. The lowest BCUT2D eigenvalue weighted by Crippen LogP contribution is -2.04. The molecule has 4 aromatic rings. The van der Waals surface area contributed by atoms with Crippen LogP contribution in [0.25, 0.3) is 22.0 Å². The Morgan fingerprint density at radius 1 is 1.10 bits per heavy atom. The van der Waals surface area contributed by atoms with Gasteiger partial charge in [-0.2, -0.15) is 15.5 Å². The molecule has 1 unspecified atom stereocenters. The van der Waals surface area contributed by atoms with Gasteiger partial charge in [0.1, 0.15) is 11.6 Å². The van der Waals surface area contributed by atoms with Gasteiger partial charge < -0.3 is 0 Å². The van der Waals surface area contributed by atoms with Gasteiger partial charge in [-0.25, -0.2) is 0 Å². The summed E-state index contributed by atoms with van der Waals surface area (Å²) < 4.78 is 0. The number of rotatable bonds is 4. The summed E-state index contributed by atoms with van der Waals surface area (Å²) in [7, 11) is 0. The van der Waals surface area contributed by atoms with Crippen LogP contribution < -0.4 is 0 Å². The molecule has 1 atom stereocenters. The van der Waals surface area contributed by atoms with Gasteiger partial charge in [-0.1, -0.05) is 29.8 Å². The van der Waals surface area contributed by atoms with E-state index in [0.717, 1.165) is 5.39 Å². The molecule has 0 saturated carbocycles. The maximum absolute atomic E-state index is 11.2. The SMILES string of the molecule is N#CC(c1cc(-c2cccc([N+](=O)[O-])c2)c2ncccc2c1)c1nnccc1Cl. The van der Waals surface area contributed by atoms with Gasteiger partial charge in [-0.15, -0.1) is 0 Å². The molecule has 0 aliphatic rings. The first-order valence-corrected chi connectivity index (χ1v) is 8.96. The monoisotopic (exact) mass is 401 g/mol. The molecule has 0 spiro atoms. The van der Waals surface area contributed by atoms with Crippen molar-refractivity contribution in [2.24, 2.45) is 0 Å². The Balaban J connectivity index is 1.97. The molecule has 2 aromatic heterocycles. The number of pyridine rings is 1. The van der Waals surface area contributed by atoms with Crippen LogP contribution in [0.5, 0.6) is 0 Å². The predicted octanol–water partition coefficient (Wildman–Crippen LogP) is 4.91. The van der Waals surface area contributed by atoms with Crippen molar-refractivity contribution >= 4 is 28.2 Å². The van der Waals surface area contributed by atoms with Gasteiger partial charge in [0.2, 0.25) is 0 Å². The maximum atomic E-state index is 11.2. The van der Waals surface area contributed by atoms with Gasteiger partial charge in [-0.05, 0) is 35.4 Å². The number of nitriles is 1. The molecule has 0 bridgehead atoms. The van der Waals surface area contributed by atoms with Crippen molar-refractivity contribution < 1.29 is 4.92 Å². The van der Waals surface area contributed by atoms with E-state index >= 15 is 0 Å². The molecular weight excluding hydrogens is 390 g/mol. The number of hydrogen-bond donors (Lipinski definition) is 0. The number of non-ortho nitro benzene ring substituents is 1. The first-order chi connectivity index (χ1) is 14.1. The van der Waals surface area contributed by atoms with E-state index in [1.807, 2.05) is 12.1 Å². The first-order valence-electron chi connectivity index (χ1n) is 8.58. The molecule has 0 aliphatic heterocycles. The maximum Gasteiger partial charge on any atom is 0.270 e. The van der Waals surface area contributed by atoms with Crippen LogP contribution in [0.15, 0.2) is 67.0 Å². The van der Waals surface area contributed by atoms with Crippen LogP contribution in [0.4, 0.5) is 5.69 Å². The number of nitro groups is 1. The summed E-state index contributed by atoms with van der Waals surface area (Å²) in [5, 5.41) is 30.1. The van der Waals surface area contributed by atoms with Crippen LogP contribution in [-0.2, 0) is 0 Å². The molecule has 0 radical (unpaired) electrons. The summed E-state index contributed by atoms with van der Waals surface area (Å²) in [5.41, 5.74) is 2.97. The summed E-state index contributed by atoms with van der Waals surface area (Å²) in [6, 6.07) is 17.4. The van der Waals surface area contributed by atoms with Crippen LogP contribution in [0.1, 0.15) is 17.2 Å². The Bertz CT molecular complexity index is 1290. The van der Waals surface area contributed by atoms with Crippen LogP contribution in [-0.4, -0.2) is 20.1 Å². The average Bonchev–Trinajstić information content (AvgIpc) is 2.75. The highest BCUT2D eigenvalue weighted by atomic mass is 35.5. The first kappa shape index (κ1) is 18.5. The van der Waals surface area contributed by atoms with Gasteiger partial charge in [0, 0.05) is 29.3 Å². The zero-order valence-electron chi connectivity index (χ0n) is 14.9. The zero-order valence-corrected chi connectivity index (χ0v) is 15.6. The number of fused-ring (bicyclic) bond motifs is 1. The fourth-order valence-electron chi connectivity index (χ4n) is 3.21. The van der Waals surface area contributed by atoms with Crippen molar-refractivity contribution in [3.05, 3.63) is 93.4 Å². The summed E-state index contributed by atoms with van der Waals surface area (Å²) in [5.74, 6) is -0.752. The Hall–Kier alpha value is -3.89. The van der Waals surface area contributed by atoms with Crippen molar-refractivity contribution in [2.75, 3.05) is 0 Å². The second-order valence-electron chi connectivity index (χ2n) is 6.28. The Labute approximate surface area is 170 Å². The van der Waals surface area contributed by atoms with E-state index in [-0.39, 0.29) is 5.69 Å². The second kappa shape index (κ2) is 7.62. The molecule has 0 N–H and O–H groups in total. The quantitative estimate of drug-likeness (QED) is 0.355. The largest absolute Gasteiger partial charge is 0.270 e. The van der Waals surface area contributed by atoms with E-state index in [1.165, 1.54) is 18.3 Å². The van der Waals surface area contributed by atoms with Gasteiger partial charge in [0.15, 0.2) is 0 Å². The molecule has 0 aliphatic carbocycles. The zero-order chi connectivity index (χ0) is 20.4.